The summed E-state index contributed by atoms with van der Waals surface area (Å²) < 4.78 is 57.0. The van der Waals surface area contributed by atoms with Gasteiger partial charge in [-0.15, -0.1) is 0 Å². The first-order valence-corrected chi connectivity index (χ1v) is 12.3. The molecule has 0 spiro atoms. The van der Waals surface area contributed by atoms with Crippen LogP contribution in [0.3, 0.4) is 0 Å². The van der Waals surface area contributed by atoms with Crippen LogP contribution in [0.1, 0.15) is 60.0 Å². The minimum Gasteiger partial charge on any atom is -0.324 e. The van der Waals surface area contributed by atoms with Crippen molar-refractivity contribution in [2.75, 3.05) is 13.1 Å². The molecule has 1 aromatic carbocycles. The van der Waals surface area contributed by atoms with Gasteiger partial charge in [-0.05, 0) is 77.9 Å². The van der Waals surface area contributed by atoms with Crippen LogP contribution in [-0.4, -0.2) is 57.5 Å². The molecule has 198 valence electrons. The molecule has 0 saturated carbocycles. The van der Waals surface area contributed by atoms with Crippen LogP contribution in [0.25, 0.3) is 16.6 Å². The minimum atomic E-state index is -4.66. The molecule has 0 bridgehead atoms. The molecular formula is C27H30F4N4O2. The number of amides is 1. The van der Waals surface area contributed by atoms with Crippen LogP contribution in [0.5, 0.6) is 0 Å². The van der Waals surface area contributed by atoms with E-state index in [2.05, 4.69) is 10.3 Å². The van der Waals surface area contributed by atoms with Gasteiger partial charge in [0.15, 0.2) is 5.78 Å². The van der Waals surface area contributed by atoms with Gasteiger partial charge in [-0.2, -0.15) is 13.2 Å². The Labute approximate surface area is 212 Å². The van der Waals surface area contributed by atoms with E-state index >= 15 is 0 Å². The molecule has 1 saturated heterocycles. The number of aromatic nitrogens is 2. The van der Waals surface area contributed by atoms with E-state index in [0.717, 1.165) is 32.1 Å². The van der Waals surface area contributed by atoms with E-state index in [0.29, 0.717) is 39.9 Å². The number of nitrogens with one attached hydrogen (secondary N) is 1. The van der Waals surface area contributed by atoms with Gasteiger partial charge in [-0.1, -0.05) is 0 Å². The number of piperidine rings is 1. The van der Waals surface area contributed by atoms with Gasteiger partial charge >= 0.3 is 6.18 Å². The molecule has 0 radical (unpaired) electrons. The summed E-state index contributed by atoms with van der Waals surface area (Å²) in [6, 6.07) is 2.28. The number of carbonyl (C=O) groups is 2. The van der Waals surface area contributed by atoms with Gasteiger partial charge in [0.2, 0.25) is 0 Å². The van der Waals surface area contributed by atoms with E-state index < -0.39 is 30.0 Å². The number of rotatable bonds is 6. The maximum atomic E-state index is 14.4. The monoisotopic (exact) mass is 518 g/mol. The van der Waals surface area contributed by atoms with Gasteiger partial charge in [-0.25, -0.2) is 4.39 Å². The Kier molecular flexibility index (Phi) is 7.41. The van der Waals surface area contributed by atoms with Crippen LogP contribution < -0.4 is 5.32 Å². The third kappa shape index (κ3) is 4.99. The number of alkyl halides is 3. The highest BCUT2D eigenvalue weighted by atomic mass is 19.4. The third-order valence-electron chi connectivity index (χ3n) is 7.08. The predicted octanol–water partition coefficient (Wildman–Crippen LogP) is 5.46. The fraction of sp³-hybridized carbons (Fsp3) is 0.444. The lowest BCUT2D eigenvalue weighted by Gasteiger charge is -2.34. The molecule has 1 atom stereocenters. The smallest absolute Gasteiger partial charge is 0.324 e. The molecule has 0 aliphatic carbocycles. The van der Waals surface area contributed by atoms with Crippen molar-refractivity contribution in [1.29, 1.82) is 0 Å². The first-order valence-electron chi connectivity index (χ1n) is 12.3. The van der Waals surface area contributed by atoms with Crippen molar-refractivity contribution in [2.24, 2.45) is 5.92 Å². The molecule has 1 aliphatic rings. The summed E-state index contributed by atoms with van der Waals surface area (Å²) in [7, 11) is 0. The Morgan fingerprint density at radius 2 is 1.81 bits per heavy atom. The standard InChI is InChI=1S/C27H30F4N4O2/c1-15(2)34(17(4)27(29,30)31)26(37)21-13-19(28)5-6-22(21)35-16(3)24(20-9-12-33-14-23(20)35)25(36)18-7-10-32-11-8-18/h5-6,9,12-15,17-18,32H,7-8,10-11H2,1-4H3/t17-/m1/s1. The van der Waals surface area contributed by atoms with E-state index in [4.69, 9.17) is 0 Å². The SMILES string of the molecule is Cc1c(C(=O)C2CCNCC2)c2ccncc2n1-c1ccc(F)cc1C(=O)N(C(C)C)[C@H](C)C(F)(F)F. The molecule has 1 fully saturated rings. The topological polar surface area (TPSA) is 67.2 Å². The second-order valence-corrected chi connectivity index (χ2v) is 9.76. The van der Waals surface area contributed by atoms with Gasteiger partial charge in [0.25, 0.3) is 5.91 Å². The van der Waals surface area contributed by atoms with Gasteiger partial charge in [0.1, 0.15) is 11.9 Å². The summed E-state index contributed by atoms with van der Waals surface area (Å²) in [5.41, 5.74) is 1.47. The van der Waals surface area contributed by atoms with Crippen molar-refractivity contribution in [3.8, 4) is 5.69 Å². The van der Waals surface area contributed by atoms with E-state index in [1.165, 1.54) is 26.1 Å². The van der Waals surface area contributed by atoms with Crippen LogP contribution in [0.4, 0.5) is 17.6 Å². The summed E-state index contributed by atoms with van der Waals surface area (Å²) in [6.07, 6.45) is -0.183. The van der Waals surface area contributed by atoms with E-state index in [1.807, 2.05) is 0 Å². The zero-order chi connectivity index (χ0) is 27.1. The maximum Gasteiger partial charge on any atom is 0.408 e. The molecule has 0 unspecified atom stereocenters. The zero-order valence-corrected chi connectivity index (χ0v) is 21.2. The highest BCUT2D eigenvalue weighted by Gasteiger charge is 2.44. The van der Waals surface area contributed by atoms with Crippen molar-refractivity contribution in [3.05, 3.63) is 59.3 Å². The second kappa shape index (κ2) is 10.2. The van der Waals surface area contributed by atoms with Crippen LogP contribution in [0, 0.1) is 18.7 Å². The van der Waals surface area contributed by atoms with E-state index in [1.54, 1.807) is 23.8 Å². The number of nitrogens with zero attached hydrogens (tertiary/aromatic N) is 3. The number of benzene rings is 1. The Bertz CT molecular complexity index is 1330. The average Bonchev–Trinajstić information content (AvgIpc) is 3.15. The molecule has 3 aromatic rings. The number of Topliss-reactive ketones (excluding diaryl/α,β-unsaturated/α-hetero) is 1. The maximum absolute atomic E-state index is 14.4. The highest BCUT2D eigenvalue weighted by molar-refractivity contribution is 6.11. The summed E-state index contributed by atoms with van der Waals surface area (Å²) in [5, 5.41) is 3.87. The lowest BCUT2D eigenvalue weighted by atomic mass is 9.88. The molecule has 1 amide bonds. The Hall–Kier alpha value is -3.27. The lowest BCUT2D eigenvalue weighted by Crippen LogP contribution is -2.50. The normalized spacial score (nSPS) is 15.8. The number of pyridine rings is 1. The predicted molar refractivity (Wildman–Crippen MR) is 133 cm³/mol. The van der Waals surface area contributed by atoms with Gasteiger partial charge in [0.05, 0.1) is 23.0 Å². The number of carbonyl (C=O) groups excluding carboxylic acids is 2. The fourth-order valence-corrected chi connectivity index (χ4v) is 5.20. The molecule has 6 nitrogen and oxygen atoms in total. The van der Waals surface area contributed by atoms with Gasteiger partial charge in [0, 0.05) is 34.8 Å². The zero-order valence-electron chi connectivity index (χ0n) is 21.2. The molecule has 4 rings (SSSR count). The minimum absolute atomic E-state index is 0.0292. The van der Waals surface area contributed by atoms with Crippen LogP contribution >= 0.6 is 0 Å². The van der Waals surface area contributed by atoms with Crippen molar-refractivity contribution < 1.29 is 27.2 Å². The highest BCUT2D eigenvalue weighted by Crippen LogP contribution is 2.35. The summed E-state index contributed by atoms with van der Waals surface area (Å²) in [6.45, 7) is 7.06. The molecule has 37 heavy (non-hydrogen) atoms. The quantitative estimate of drug-likeness (QED) is 0.348. The van der Waals surface area contributed by atoms with Crippen molar-refractivity contribution >= 4 is 22.6 Å². The second-order valence-electron chi connectivity index (χ2n) is 9.76. The Morgan fingerprint density at radius 3 is 2.43 bits per heavy atom. The van der Waals surface area contributed by atoms with E-state index in [-0.39, 0.29) is 23.0 Å². The molecule has 10 heteroatoms. The average molecular weight is 519 g/mol. The van der Waals surface area contributed by atoms with E-state index in [9.17, 15) is 27.2 Å². The number of ketones is 1. The van der Waals surface area contributed by atoms with Gasteiger partial charge in [-0.3, -0.25) is 14.6 Å². The Morgan fingerprint density at radius 1 is 1.14 bits per heavy atom. The largest absolute Gasteiger partial charge is 0.408 e. The molecular weight excluding hydrogens is 488 g/mol. The van der Waals surface area contributed by atoms with Crippen LogP contribution in [-0.2, 0) is 0 Å². The number of hydrogen-bond donors (Lipinski definition) is 1. The van der Waals surface area contributed by atoms with Crippen LogP contribution in [0.2, 0.25) is 0 Å². The number of fused-ring (bicyclic) bond motifs is 1. The van der Waals surface area contributed by atoms with Crippen LogP contribution in [0.15, 0.2) is 36.7 Å². The molecule has 3 heterocycles. The van der Waals surface area contributed by atoms with Crippen molar-refractivity contribution in [2.45, 2.75) is 58.8 Å². The molecule has 1 aliphatic heterocycles. The molecule has 2 aromatic heterocycles. The first kappa shape index (κ1) is 26.8. The summed E-state index contributed by atoms with van der Waals surface area (Å²) in [5.74, 6) is -1.91. The van der Waals surface area contributed by atoms with Gasteiger partial charge < -0.3 is 14.8 Å². The number of hydrogen-bond acceptors (Lipinski definition) is 4. The third-order valence-corrected chi connectivity index (χ3v) is 7.08. The fourth-order valence-electron chi connectivity index (χ4n) is 5.20. The summed E-state index contributed by atoms with van der Waals surface area (Å²) in [4.78, 5) is 32.1. The first-order chi connectivity index (χ1) is 17.4. The lowest BCUT2D eigenvalue weighted by molar-refractivity contribution is -0.175. The van der Waals surface area contributed by atoms with Crippen molar-refractivity contribution in [1.82, 2.24) is 19.8 Å². The summed E-state index contributed by atoms with van der Waals surface area (Å²) >= 11 is 0. The Balaban J connectivity index is 1.92. The van der Waals surface area contributed by atoms with Crippen molar-refractivity contribution in [3.63, 3.8) is 0 Å². The number of halogens is 4. The molecule has 1 N–H and O–H groups in total.